The van der Waals surface area contributed by atoms with E-state index in [1.807, 2.05) is 0 Å². The number of unbranched alkanes of at least 4 members (excludes halogenated alkanes) is 1. The summed E-state index contributed by atoms with van der Waals surface area (Å²) in [5, 5.41) is 2.94. The topological polar surface area (TPSA) is 58.6 Å². The summed E-state index contributed by atoms with van der Waals surface area (Å²) in [6.45, 7) is 4.42. The van der Waals surface area contributed by atoms with E-state index in [1.165, 1.54) is 0 Å². The van der Waals surface area contributed by atoms with Crippen LogP contribution in [0.4, 0.5) is 5.69 Å². The van der Waals surface area contributed by atoms with E-state index in [4.69, 9.17) is 4.74 Å². The molecule has 1 aliphatic rings. The van der Waals surface area contributed by atoms with Gasteiger partial charge in [0.2, 0.25) is 5.91 Å². The molecule has 0 atom stereocenters. The molecule has 1 N–H and O–H groups in total. The summed E-state index contributed by atoms with van der Waals surface area (Å²) in [5.74, 6) is -0.173. The van der Waals surface area contributed by atoms with Gasteiger partial charge in [0.05, 0.1) is 12.2 Å². The fraction of sp³-hybridized carbons (Fsp3) is 0.556. The Morgan fingerprint density at radius 1 is 1.22 bits per heavy atom. The number of nitrogens with one attached hydrogen (secondary N) is 1. The number of amides is 1. The van der Waals surface area contributed by atoms with Crippen molar-refractivity contribution in [2.24, 2.45) is 5.92 Å². The van der Waals surface area contributed by atoms with Gasteiger partial charge in [-0.1, -0.05) is 13.3 Å². The van der Waals surface area contributed by atoms with Gasteiger partial charge in [-0.05, 0) is 63.7 Å². The van der Waals surface area contributed by atoms with E-state index in [0.717, 1.165) is 44.5 Å². The van der Waals surface area contributed by atoms with Crippen molar-refractivity contribution in [2.75, 3.05) is 32.1 Å². The normalized spacial score (nSPS) is 16.1. The number of hydrogen-bond acceptors (Lipinski definition) is 4. The minimum absolute atomic E-state index is 0.0661. The Morgan fingerprint density at radius 3 is 2.48 bits per heavy atom. The number of ether oxygens (including phenoxy) is 1. The summed E-state index contributed by atoms with van der Waals surface area (Å²) >= 11 is 0. The number of benzene rings is 1. The molecule has 0 saturated carbocycles. The molecule has 1 aromatic carbocycles. The van der Waals surface area contributed by atoms with Crippen molar-refractivity contribution in [3.63, 3.8) is 0 Å². The van der Waals surface area contributed by atoms with Crippen LogP contribution in [0.3, 0.4) is 0 Å². The van der Waals surface area contributed by atoms with Crippen molar-refractivity contribution in [1.82, 2.24) is 4.90 Å². The van der Waals surface area contributed by atoms with E-state index in [2.05, 4.69) is 24.2 Å². The summed E-state index contributed by atoms with van der Waals surface area (Å²) < 4.78 is 5.16. The molecule has 1 amide bonds. The molecule has 1 saturated heterocycles. The summed E-state index contributed by atoms with van der Waals surface area (Å²) in [5.41, 5.74) is 1.23. The number of anilines is 1. The quantitative estimate of drug-likeness (QED) is 0.647. The number of esters is 1. The van der Waals surface area contributed by atoms with Gasteiger partial charge in [-0.15, -0.1) is 0 Å². The minimum Gasteiger partial charge on any atom is -0.462 e. The Bertz CT molecular complexity index is 520. The Balaban J connectivity index is 1.84. The summed E-state index contributed by atoms with van der Waals surface area (Å²) in [4.78, 5) is 26.3. The number of hydrogen-bond donors (Lipinski definition) is 1. The van der Waals surface area contributed by atoms with Gasteiger partial charge in [-0.25, -0.2) is 4.79 Å². The molecule has 1 aromatic rings. The lowest BCUT2D eigenvalue weighted by atomic mass is 9.96. The van der Waals surface area contributed by atoms with Crippen molar-refractivity contribution < 1.29 is 14.3 Å². The molecule has 126 valence electrons. The first-order valence-electron chi connectivity index (χ1n) is 8.36. The number of nitrogens with zero attached hydrogens (tertiary/aromatic N) is 1. The molecule has 0 aliphatic carbocycles. The Labute approximate surface area is 138 Å². The second-order valence-corrected chi connectivity index (χ2v) is 6.13. The summed E-state index contributed by atoms with van der Waals surface area (Å²) in [6.07, 6.45) is 3.65. The van der Waals surface area contributed by atoms with Crippen LogP contribution in [-0.2, 0) is 9.53 Å². The number of piperidine rings is 1. The molecular formula is C18H26N2O3. The van der Waals surface area contributed by atoms with Crippen molar-refractivity contribution in [3.05, 3.63) is 29.8 Å². The lowest BCUT2D eigenvalue weighted by Crippen LogP contribution is -2.35. The second kappa shape index (κ2) is 8.67. The van der Waals surface area contributed by atoms with Gasteiger partial charge < -0.3 is 15.0 Å². The van der Waals surface area contributed by atoms with Crippen LogP contribution in [0.15, 0.2) is 24.3 Å². The van der Waals surface area contributed by atoms with Gasteiger partial charge in [-0.2, -0.15) is 0 Å². The molecule has 0 unspecified atom stereocenters. The monoisotopic (exact) mass is 318 g/mol. The van der Waals surface area contributed by atoms with E-state index in [9.17, 15) is 9.59 Å². The van der Waals surface area contributed by atoms with Crippen LogP contribution in [0.1, 0.15) is 43.0 Å². The standard InChI is InChI=1S/C18H26N2O3/c1-3-4-13-23-18(22)15-5-7-16(8-6-15)19-17(21)14-9-11-20(2)12-10-14/h5-8,14H,3-4,9-13H2,1-2H3,(H,19,21). The van der Waals surface area contributed by atoms with Crippen molar-refractivity contribution in [1.29, 1.82) is 0 Å². The zero-order valence-electron chi connectivity index (χ0n) is 14.0. The highest BCUT2D eigenvalue weighted by molar-refractivity contribution is 5.94. The minimum atomic E-state index is -0.313. The Hall–Kier alpha value is -1.88. The first-order chi connectivity index (χ1) is 11.1. The molecule has 0 aromatic heterocycles. The van der Waals surface area contributed by atoms with Gasteiger partial charge in [-0.3, -0.25) is 4.79 Å². The maximum absolute atomic E-state index is 12.2. The smallest absolute Gasteiger partial charge is 0.338 e. The zero-order valence-corrected chi connectivity index (χ0v) is 14.0. The highest BCUT2D eigenvalue weighted by Gasteiger charge is 2.23. The maximum Gasteiger partial charge on any atom is 0.338 e. The summed E-state index contributed by atoms with van der Waals surface area (Å²) in [6, 6.07) is 6.89. The van der Waals surface area contributed by atoms with E-state index in [-0.39, 0.29) is 17.8 Å². The third-order valence-electron chi connectivity index (χ3n) is 4.21. The maximum atomic E-state index is 12.2. The van der Waals surface area contributed by atoms with Crippen LogP contribution < -0.4 is 5.32 Å². The van der Waals surface area contributed by atoms with E-state index >= 15 is 0 Å². The van der Waals surface area contributed by atoms with Gasteiger partial charge in [0.15, 0.2) is 0 Å². The molecular weight excluding hydrogens is 292 g/mol. The molecule has 5 heteroatoms. The van der Waals surface area contributed by atoms with Gasteiger partial charge in [0.25, 0.3) is 0 Å². The fourth-order valence-electron chi connectivity index (χ4n) is 2.60. The van der Waals surface area contributed by atoms with Crippen molar-refractivity contribution in [3.8, 4) is 0 Å². The summed E-state index contributed by atoms with van der Waals surface area (Å²) in [7, 11) is 2.08. The third-order valence-corrected chi connectivity index (χ3v) is 4.21. The number of carbonyl (C=O) groups excluding carboxylic acids is 2. The predicted molar refractivity (Wildman–Crippen MR) is 90.5 cm³/mol. The van der Waals surface area contributed by atoms with Gasteiger partial charge in [0.1, 0.15) is 0 Å². The predicted octanol–water partition coefficient (Wildman–Crippen LogP) is 2.92. The van der Waals surface area contributed by atoms with Gasteiger partial charge in [0, 0.05) is 11.6 Å². The molecule has 1 aliphatic heterocycles. The molecule has 1 fully saturated rings. The molecule has 2 rings (SSSR count). The second-order valence-electron chi connectivity index (χ2n) is 6.13. The van der Waals surface area contributed by atoms with Crippen LogP contribution >= 0.6 is 0 Å². The molecule has 5 nitrogen and oxygen atoms in total. The van der Waals surface area contributed by atoms with Crippen molar-refractivity contribution >= 4 is 17.6 Å². The average molecular weight is 318 g/mol. The van der Waals surface area contributed by atoms with E-state index < -0.39 is 0 Å². The molecule has 0 bridgehead atoms. The van der Waals surface area contributed by atoms with Crippen LogP contribution in [0.25, 0.3) is 0 Å². The first kappa shape index (κ1) is 17.5. The van der Waals surface area contributed by atoms with Crippen molar-refractivity contribution in [2.45, 2.75) is 32.6 Å². The fourth-order valence-corrected chi connectivity index (χ4v) is 2.60. The zero-order chi connectivity index (χ0) is 16.7. The lowest BCUT2D eigenvalue weighted by molar-refractivity contribution is -0.121. The third kappa shape index (κ3) is 5.36. The van der Waals surface area contributed by atoms with Gasteiger partial charge >= 0.3 is 5.97 Å². The Kier molecular flexibility index (Phi) is 6.59. The highest BCUT2D eigenvalue weighted by atomic mass is 16.5. The van der Waals surface area contributed by atoms with Crippen LogP contribution in [0, 0.1) is 5.92 Å². The number of likely N-dealkylation sites (tertiary alicyclic amines) is 1. The largest absolute Gasteiger partial charge is 0.462 e. The molecule has 1 heterocycles. The van der Waals surface area contributed by atoms with Crippen LogP contribution in [0.2, 0.25) is 0 Å². The lowest BCUT2D eigenvalue weighted by Gasteiger charge is -2.28. The highest BCUT2D eigenvalue weighted by Crippen LogP contribution is 2.19. The molecule has 23 heavy (non-hydrogen) atoms. The van der Waals surface area contributed by atoms with E-state index in [1.54, 1.807) is 24.3 Å². The van der Waals surface area contributed by atoms with E-state index in [0.29, 0.717) is 12.2 Å². The van der Waals surface area contributed by atoms with Crippen LogP contribution in [0.5, 0.6) is 0 Å². The molecule has 0 radical (unpaired) electrons. The Morgan fingerprint density at radius 2 is 1.87 bits per heavy atom. The first-order valence-corrected chi connectivity index (χ1v) is 8.36. The molecule has 0 spiro atoms. The average Bonchev–Trinajstić information content (AvgIpc) is 2.56. The SMILES string of the molecule is CCCCOC(=O)c1ccc(NC(=O)C2CCN(C)CC2)cc1. The number of carbonyl (C=O) groups is 2. The number of rotatable bonds is 6. The van der Waals surface area contributed by atoms with Crippen LogP contribution in [-0.4, -0.2) is 43.5 Å².